The van der Waals surface area contributed by atoms with Gasteiger partial charge in [0.05, 0.1) is 6.42 Å². The van der Waals surface area contributed by atoms with Crippen LogP contribution in [0.3, 0.4) is 0 Å². The van der Waals surface area contributed by atoms with E-state index in [4.69, 9.17) is 25.5 Å². The Morgan fingerprint density at radius 2 is 1.86 bits per heavy atom. The molecule has 5 nitrogen and oxygen atoms in total. The van der Waals surface area contributed by atoms with Crippen LogP contribution in [0.5, 0.6) is 5.75 Å². The summed E-state index contributed by atoms with van der Waals surface area (Å²) < 4.78 is 28.8. The first-order valence-electron chi connectivity index (χ1n) is 8.39. The predicted octanol–water partition coefficient (Wildman–Crippen LogP) is 4.30. The van der Waals surface area contributed by atoms with Crippen LogP contribution in [0.4, 0.5) is 4.39 Å². The summed E-state index contributed by atoms with van der Waals surface area (Å²) in [6.07, 6.45) is 1.06. The summed E-state index contributed by atoms with van der Waals surface area (Å²) in [5.74, 6) is -0.827. The van der Waals surface area contributed by atoms with Crippen LogP contribution in [0.15, 0.2) is 70.1 Å². The summed E-state index contributed by atoms with van der Waals surface area (Å²) in [6, 6.07) is 14.3. The quantitative estimate of drug-likeness (QED) is 0.551. The van der Waals surface area contributed by atoms with Gasteiger partial charge in [0.2, 0.25) is 11.2 Å². The number of rotatable bonds is 7. The van der Waals surface area contributed by atoms with Gasteiger partial charge >= 0.3 is 5.97 Å². The van der Waals surface area contributed by atoms with Crippen molar-refractivity contribution in [2.75, 3.05) is 0 Å². The molecular weight excluding hydrogens is 387 g/mol. The molecule has 0 spiro atoms. The highest BCUT2D eigenvalue weighted by Gasteiger charge is 2.11. The van der Waals surface area contributed by atoms with E-state index in [0.29, 0.717) is 5.56 Å². The van der Waals surface area contributed by atoms with Crippen LogP contribution < -0.4 is 10.2 Å². The summed E-state index contributed by atoms with van der Waals surface area (Å²) in [7, 11) is 0. The molecule has 0 bridgehead atoms. The van der Waals surface area contributed by atoms with Crippen molar-refractivity contribution < 1.29 is 23.1 Å². The lowest BCUT2D eigenvalue weighted by Crippen LogP contribution is -2.11. The van der Waals surface area contributed by atoms with Crippen molar-refractivity contribution in [3.05, 3.63) is 98.8 Å². The summed E-state index contributed by atoms with van der Waals surface area (Å²) >= 11 is 5.88. The lowest BCUT2D eigenvalue weighted by Gasteiger charge is -2.07. The minimum Gasteiger partial charge on any atom is -0.482 e. The fourth-order valence-electron chi connectivity index (χ4n) is 2.38. The van der Waals surface area contributed by atoms with E-state index in [-0.39, 0.29) is 41.6 Å². The second-order valence-corrected chi connectivity index (χ2v) is 6.33. The lowest BCUT2D eigenvalue weighted by atomic mass is 10.1. The highest BCUT2D eigenvalue weighted by atomic mass is 35.5. The van der Waals surface area contributed by atoms with Gasteiger partial charge in [-0.3, -0.25) is 9.59 Å². The monoisotopic (exact) mass is 402 g/mol. The molecule has 0 aliphatic rings. The minimum absolute atomic E-state index is 0.0667. The topological polar surface area (TPSA) is 65.7 Å². The fourth-order valence-corrected chi connectivity index (χ4v) is 2.61. The van der Waals surface area contributed by atoms with Gasteiger partial charge in [-0.15, -0.1) is 0 Å². The van der Waals surface area contributed by atoms with E-state index in [9.17, 15) is 14.0 Å². The second kappa shape index (κ2) is 9.19. The molecule has 144 valence electrons. The van der Waals surface area contributed by atoms with Crippen LogP contribution in [0.2, 0.25) is 5.02 Å². The van der Waals surface area contributed by atoms with Crippen LogP contribution in [0.25, 0.3) is 0 Å². The van der Waals surface area contributed by atoms with E-state index in [2.05, 4.69) is 0 Å². The summed E-state index contributed by atoms with van der Waals surface area (Å²) in [4.78, 5) is 24.0. The number of hydrogen-bond donors (Lipinski definition) is 0. The van der Waals surface area contributed by atoms with Crippen molar-refractivity contribution in [1.29, 1.82) is 0 Å². The Balaban J connectivity index is 1.54. The third-order valence-corrected chi connectivity index (χ3v) is 4.17. The summed E-state index contributed by atoms with van der Waals surface area (Å²) in [5.41, 5.74) is 0.980. The van der Waals surface area contributed by atoms with Crippen molar-refractivity contribution in [3.63, 3.8) is 0 Å². The van der Waals surface area contributed by atoms with Crippen molar-refractivity contribution in [2.45, 2.75) is 19.6 Å². The van der Waals surface area contributed by atoms with E-state index < -0.39 is 11.8 Å². The Labute approximate surface area is 165 Å². The number of hydrogen-bond acceptors (Lipinski definition) is 5. The lowest BCUT2D eigenvalue weighted by molar-refractivity contribution is -0.144. The molecule has 0 amide bonds. The molecule has 0 N–H and O–H groups in total. The number of esters is 1. The standard InChI is InChI=1S/C21H16ClFO5/c22-18-9-16(23)7-6-15(18)8-21(25)28-12-17-10-19(24)20(13-26-17)27-11-14-4-2-1-3-5-14/h1-7,9-10,13H,8,11-12H2. The molecular formula is C21H16ClFO5. The minimum atomic E-state index is -0.583. The molecule has 0 fully saturated rings. The van der Waals surface area contributed by atoms with Gasteiger partial charge in [-0.2, -0.15) is 0 Å². The Bertz CT molecular complexity index is 1020. The maximum Gasteiger partial charge on any atom is 0.310 e. The van der Waals surface area contributed by atoms with E-state index in [1.807, 2.05) is 30.3 Å². The number of halogens is 2. The first-order valence-corrected chi connectivity index (χ1v) is 8.77. The van der Waals surface area contributed by atoms with E-state index >= 15 is 0 Å². The van der Waals surface area contributed by atoms with E-state index in [1.54, 1.807) is 0 Å². The zero-order chi connectivity index (χ0) is 19.9. The average Bonchev–Trinajstić information content (AvgIpc) is 2.68. The molecule has 3 rings (SSSR count). The molecule has 0 aliphatic carbocycles. The van der Waals surface area contributed by atoms with Gasteiger partial charge in [0.1, 0.15) is 31.1 Å². The Morgan fingerprint density at radius 1 is 1.07 bits per heavy atom. The van der Waals surface area contributed by atoms with Crippen LogP contribution in [-0.2, 0) is 29.2 Å². The van der Waals surface area contributed by atoms with Crippen LogP contribution >= 0.6 is 11.6 Å². The second-order valence-electron chi connectivity index (χ2n) is 5.92. The van der Waals surface area contributed by atoms with Crippen molar-refractivity contribution in [2.24, 2.45) is 0 Å². The highest BCUT2D eigenvalue weighted by molar-refractivity contribution is 6.31. The number of benzene rings is 2. The first kappa shape index (κ1) is 19.6. The molecule has 1 heterocycles. The Hall–Kier alpha value is -3.12. The highest BCUT2D eigenvalue weighted by Crippen LogP contribution is 2.18. The summed E-state index contributed by atoms with van der Waals surface area (Å²) in [5, 5.41) is 0.142. The van der Waals surface area contributed by atoms with Crippen molar-refractivity contribution in [1.82, 2.24) is 0 Å². The molecule has 1 aromatic heterocycles. The number of carbonyl (C=O) groups excluding carboxylic acids is 1. The number of ether oxygens (including phenoxy) is 2. The maximum atomic E-state index is 13.0. The molecule has 28 heavy (non-hydrogen) atoms. The van der Waals surface area contributed by atoms with Crippen LogP contribution in [-0.4, -0.2) is 5.97 Å². The SMILES string of the molecule is O=C(Cc1ccc(F)cc1Cl)OCc1cc(=O)c(OCc2ccccc2)co1. The smallest absolute Gasteiger partial charge is 0.310 e. The molecule has 2 aromatic carbocycles. The van der Waals surface area contributed by atoms with Gasteiger partial charge in [-0.25, -0.2) is 4.39 Å². The molecule has 7 heteroatoms. The largest absolute Gasteiger partial charge is 0.482 e. The average molecular weight is 403 g/mol. The van der Waals surface area contributed by atoms with E-state index in [0.717, 1.165) is 11.6 Å². The zero-order valence-electron chi connectivity index (χ0n) is 14.7. The van der Waals surface area contributed by atoms with E-state index in [1.165, 1.54) is 24.5 Å². The van der Waals surface area contributed by atoms with Crippen LogP contribution in [0, 0.1) is 5.82 Å². The third-order valence-electron chi connectivity index (χ3n) is 3.81. The fraction of sp³-hybridized carbons (Fsp3) is 0.143. The van der Waals surface area contributed by atoms with Gasteiger partial charge in [-0.1, -0.05) is 48.0 Å². The van der Waals surface area contributed by atoms with Gasteiger partial charge in [0.15, 0.2) is 0 Å². The Kier molecular flexibility index (Phi) is 6.45. The third kappa shape index (κ3) is 5.44. The van der Waals surface area contributed by atoms with Gasteiger partial charge in [0, 0.05) is 11.1 Å². The molecule has 0 radical (unpaired) electrons. The normalized spacial score (nSPS) is 10.5. The van der Waals surface area contributed by atoms with Gasteiger partial charge in [-0.05, 0) is 23.3 Å². The molecule has 0 saturated carbocycles. The van der Waals surface area contributed by atoms with Gasteiger partial charge in [0.25, 0.3) is 0 Å². The molecule has 3 aromatic rings. The molecule has 0 saturated heterocycles. The predicted molar refractivity (Wildman–Crippen MR) is 101 cm³/mol. The Morgan fingerprint density at radius 3 is 2.57 bits per heavy atom. The zero-order valence-corrected chi connectivity index (χ0v) is 15.4. The number of carbonyl (C=O) groups is 1. The molecule has 0 atom stereocenters. The molecule has 0 unspecified atom stereocenters. The van der Waals surface area contributed by atoms with Crippen molar-refractivity contribution >= 4 is 17.6 Å². The van der Waals surface area contributed by atoms with Gasteiger partial charge < -0.3 is 13.9 Å². The summed E-state index contributed by atoms with van der Waals surface area (Å²) in [6.45, 7) is 0.0181. The van der Waals surface area contributed by atoms with Crippen LogP contribution in [0.1, 0.15) is 16.9 Å². The van der Waals surface area contributed by atoms with Crippen molar-refractivity contribution in [3.8, 4) is 5.75 Å². The maximum absolute atomic E-state index is 13.0. The molecule has 0 aliphatic heterocycles. The first-order chi connectivity index (χ1) is 13.5.